The maximum atomic E-state index is 11.1. The molecule has 4 nitrogen and oxygen atoms in total. The third-order valence-electron chi connectivity index (χ3n) is 1.78. The first-order valence-electron chi connectivity index (χ1n) is 4.27. The first kappa shape index (κ1) is 11.5. The molecule has 3 N–H and O–H groups in total. The monoisotopic (exact) mass is 226 g/mol. The van der Waals surface area contributed by atoms with Crippen molar-refractivity contribution in [1.29, 1.82) is 0 Å². The van der Waals surface area contributed by atoms with Crippen molar-refractivity contribution in [2.45, 2.75) is 6.92 Å². The normalized spacial score (nSPS) is 11.5. The van der Waals surface area contributed by atoms with Gasteiger partial charge in [-0.15, -0.1) is 11.6 Å². The van der Waals surface area contributed by atoms with Crippen LogP contribution in [0.5, 0.6) is 5.75 Å². The quantitative estimate of drug-likeness (QED) is 0.357. The minimum Gasteiger partial charge on any atom is -0.506 e. The third-order valence-corrected chi connectivity index (χ3v) is 2.06. The Morgan fingerprint density at radius 1 is 1.60 bits per heavy atom. The van der Waals surface area contributed by atoms with Crippen LogP contribution in [-0.4, -0.2) is 22.6 Å². The van der Waals surface area contributed by atoms with Crippen LogP contribution in [0.15, 0.2) is 23.2 Å². The summed E-state index contributed by atoms with van der Waals surface area (Å²) in [4.78, 5) is 15.0. The molecule has 0 aliphatic carbocycles. The standard InChI is InChI=1S/C10H11ClN2O2/c1-6(14)7-2-3-9(15)8(4-7)13-10(12)5-11/h2-4,15H,5H2,1H3,(H2,12,13). The molecule has 15 heavy (non-hydrogen) atoms. The molecule has 5 heteroatoms. The third kappa shape index (κ3) is 2.95. The molecule has 0 amide bonds. The number of phenolic OH excluding ortho intramolecular Hbond substituents is 1. The lowest BCUT2D eigenvalue weighted by atomic mass is 10.1. The van der Waals surface area contributed by atoms with Crippen molar-refractivity contribution in [3.63, 3.8) is 0 Å². The Hall–Kier alpha value is -1.55. The molecular weight excluding hydrogens is 216 g/mol. The summed E-state index contributed by atoms with van der Waals surface area (Å²) < 4.78 is 0. The number of nitrogens with zero attached hydrogens (tertiary/aromatic N) is 1. The van der Waals surface area contributed by atoms with Crippen LogP contribution in [0, 0.1) is 0 Å². The summed E-state index contributed by atoms with van der Waals surface area (Å²) in [5, 5.41) is 9.44. The van der Waals surface area contributed by atoms with Gasteiger partial charge in [0.15, 0.2) is 5.78 Å². The van der Waals surface area contributed by atoms with Gasteiger partial charge in [0.2, 0.25) is 0 Å². The van der Waals surface area contributed by atoms with E-state index in [1.807, 2.05) is 0 Å². The van der Waals surface area contributed by atoms with Crippen molar-refractivity contribution < 1.29 is 9.90 Å². The van der Waals surface area contributed by atoms with Crippen molar-refractivity contribution in [2.24, 2.45) is 10.7 Å². The minimum absolute atomic E-state index is 0.0342. The van der Waals surface area contributed by atoms with E-state index in [9.17, 15) is 9.90 Å². The Morgan fingerprint density at radius 3 is 2.80 bits per heavy atom. The second-order valence-electron chi connectivity index (χ2n) is 3.00. The van der Waals surface area contributed by atoms with E-state index in [1.54, 1.807) is 0 Å². The average Bonchev–Trinajstić information content (AvgIpc) is 2.20. The van der Waals surface area contributed by atoms with E-state index in [1.165, 1.54) is 25.1 Å². The minimum atomic E-state index is -0.101. The van der Waals surface area contributed by atoms with Gasteiger partial charge in [-0.2, -0.15) is 0 Å². The van der Waals surface area contributed by atoms with Crippen molar-refractivity contribution >= 4 is 28.9 Å². The number of phenols is 1. The van der Waals surface area contributed by atoms with Crippen LogP contribution in [0.2, 0.25) is 0 Å². The molecular formula is C10H11ClN2O2. The van der Waals surface area contributed by atoms with E-state index < -0.39 is 0 Å². The molecule has 0 aliphatic rings. The Kier molecular flexibility index (Phi) is 3.68. The molecule has 0 atom stereocenters. The number of amidine groups is 1. The zero-order valence-corrected chi connectivity index (χ0v) is 8.95. The zero-order chi connectivity index (χ0) is 11.4. The Labute approximate surface area is 92.4 Å². The number of ketones is 1. The van der Waals surface area contributed by atoms with Crippen LogP contribution < -0.4 is 5.73 Å². The smallest absolute Gasteiger partial charge is 0.159 e. The number of aliphatic imine (C=N–C) groups is 1. The SMILES string of the molecule is CC(=O)c1ccc(O)c(N=C(N)CCl)c1. The van der Waals surface area contributed by atoms with Crippen LogP contribution in [0.1, 0.15) is 17.3 Å². The maximum absolute atomic E-state index is 11.1. The van der Waals surface area contributed by atoms with Crippen molar-refractivity contribution in [3.8, 4) is 5.75 Å². The van der Waals surface area contributed by atoms with Crippen molar-refractivity contribution in [2.75, 3.05) is 5.88 Å². The highest BCUT2D eigenvalue weighted by molar-refractivity contribution is 6.28. The second kappa shape index (κ2) is 4.79. The number of carbonyl (C=O) groups is 1. The molecule has 1 aromatic carbocycles. The Balaban J connectivity index is 3.17. The number of hydrogen-bond acceptors (Lipinski definition) is 3. The molecule has 1 rings (SSSR count). The molecule has 0 unspecified atom stereocenters. The number of Topliss-reactive ketones (excluding diaryl/α,β-unsaturated/α-hetero) is 1. The lowest BCUT2D eigenvalue weighted by molar-refractivity contribution is 0.101. The van der Waals surface area contributed by atoms with Crippen LogP contribution in [0.3, 0.4) is 0 Å². The van der Waals surface area contributed by atoms with Gasteiger partial charge in [-0.05, 0) is 25.1 Å². The van der Waals surface area contributed by atoms with Gasteiger partial charge in [0, 0.05) is 5.56 Å². The summed E-state index contributed by atoms with van der Waals surface area (Å²) in [5.41, 5.74) is 6.14. The molecule has 0 fully saturated rings. The lowest BCUT2D eigenvalue weighted by Gasteiger charge is -2.02. The van der Waals surface area contributed by atoms with E-state index in [4.69, 9.17) is 17.3 Å². The van der Waals surface area contributed by atoms with Gasteiger partial charge in [0.05, 0.1) is 5.88 Å². The highest BCUT2D eigenvalue weighted by atomic mass is 35.5. The predicted molar refractivity (Wildman–Crippen MR) is 60.1 cm³/mol. The summed E-state index contributed by atoms with van der Waals surface area (Å²) in [6.45, 7) is 1.44. The summed E-state index contributed by atoms with van der Waals surface area (Å²) in [6.07, 6.45) is 0. The molecule has 0 spiro atoms. The first-order chi connectivity index (χ1) is 7.04. The van der Waals surface area contributed by atoms with Gasteiger partial charge >= 0.3 is 0 Å². The molecule has 0 aliphatic heterocycles. The van der Waals surface area contributed by atoms with Crippen LogP contribution in [0.4, 0.5) is 5.69 Å². The maximum Gasteiger partial charge on any atom is 0.159 e. The number of benzene rings is 1. The molecule has 0 radical (unpaired) electrons. The van der Waals surface area contributed by atoms with Gasteiger partial charge in [-0.3, -0.25) is 4.79 Å². The van der Waals surface area contributed by atoms with Crippen LogP contribution in [-0.2, 0) is 0 Å². The molecule has 0 heterocycles. The number of nitrogens with two attached hydrogens (primary N) is 1. The predicted octanol–water partition coefficient (Wildman–Crippen LogP) is 1.82. The molecule has 0 aromatic heterocycles. The fraction of sp³-hybridized carbons (Fsp3) is 0.200. The van der Waals surface area contributed by atoms with Gasteiger partial charge < -0.3 is 10.8 Å². The van der Waals surface area contributed by atoms with Crippen LogP contribution >= 0.6 is 11.6 Å². The van der Waals surface area contributed by atoms with Gasteiger partial charge in [0.25, 0.3) is 0 Å². The Bertz CT molecular complexity index is 416. The summed E-state index contributed by atoms with van der Waals surface area (Å²) in [5.74, 6) is 0.126. The number of halogens is 1. The number of aromatic hydroxyl groups is 1. The Morgan fingerprint density at radius 2 is 2.27 bits per heavy atom. The fourth-order valence-corrected chi connectivity index (χ4v) is 1.08. The molecule has 1 aromatic rings. The second-order valence-corrected chi connectivity index (χ2v) is 3.26. The molecule has 0 saturated heterocycles. The van der Waals surface area contributed by atoms with Crippen molar-refractivity contribution in [1.82, 2.24) is 0 Å². The topological polar surface area (TPSA) is 75.7 Å². The molecule has 0 saturated carbocycles. The molecule has 0 bridgehead atoms. The summed E-state index contributed by atoms with van der Waals surface area (Å²) >= 11 is 5.45. The van der Waals surface area contributed by atoms with E-state index in [0.29, 0.717) is 5.56 Å². The largest absolute Gasteiger partial charge is 0.506 e. The number of rotatable bonds is 3. The van der Waals surface area contributed by atoms with E-state index in [2.05, 4.69) is 4.99 Å². The van der Waals surface area contributed by atoms with E-state index in [0.717, 1.165) is 0 Å². The van der Waals surface area contributed by atoms with Crippen LogP contribution in [0.25, 0.3) is 0 Å². The zero-order valence-electron chi connectivity index (χ0n) is 8.20. The summed E-state index contributed by atoms with van der Waals surface area (Å²) in [6, 6.07) is 4.39. The van der Waals surface area contributed by atoms with Gasteiger partial charge in [-0.25, -0.2) is 4.99 Å². The average molecular weight is 227 g/mol. The van der Waals surface area contributed by atoms with Gasteiger partial charge in [0.1, 0.15) is 17.3 Å². The highest BCUT2D eigenvalue weighted by Gasteiger charge is 2.05. The van der Waals surface area contributed by atoms with Gasteiger partial charge in [-0.1, -0.05) is 0 Å². The van der Waals surface area contributed by atoms with E-state index >= 15 is 0 Å². The first-order valence-corrected chi connectivity index (χ1v) is 4.81. The lowest BCUT2D eigenvalue weighted by Crippen LogP contribution is -2.12. The summed E-state index contributed by atoms with van der Waals surface area (Å²) in [7, 11) is 0. The number of hydrogen-bond donors (Lipinski definition) is 2. The highest BCUT2D eigenvalue weighted by Crippen LogP contribution is 2.27. The number of alkyl halides is 1. The van der Waals surface area contributed by atoms with E-state index in [-0.39, 0.29) is 28.9 Å². The number of carbonyl (C=O) groups excluding carboxylic acids is 1. The molecule has 80 valence electrons. The fourth-order valence-electron chi connectivity index (χ4n) is 1.02. The van der Waals surface area contributed by atoms with Crippen molar-refractivity contribution in [3.05, 3.63) is 23.8 Å².